The Kier molecular flexibility index (Phi) is 15.2. The lowest BCUT2D eigenvalue weighted by atomic mass is 10.1. The van der Waals surface area contributed by atoms with Crippen molar-refractivity contribution in [2.24, 2.45) is 0 Å². The minimum absolute atomic E-state index is 0.0793. The first-order valence-electron chi connectivity index (χ1n) is 10.3. The van der Waals surface area contributed by atoms with Crippen molar-refractivity contribution in [3.8, 4) is 0 Å². The van der Waals surface area contributed by atoms with E-state index in [0.29, 0.717) is 7.14 Å². The van der Waals surface area contributed by atoms with Gasteiger partial charge in [0.2, 0.25) is 0 Å². The van der Waals surface area contributed by atoms with Crippen LogP contribution in [0.2, 0.25) is 0 Å². The molecule has 1 aromatic carbocycles. The van der Waals surface area contributed by atoms with Gasteiger partial charge in [0.25, 0.3) is 11.8 Å². The number of nitrogens with zero attached hydrogens (tertiary/aromatic N) is 2. The number of carbonyl (C=O) groups is 2. The first kappa shape index (κ1) is 33.1. The summed E-state index contributed by atoms with van der Waals surface area (Å²) in [6, 6.07) is 1.57. The summed E-state index contributed by atoms with van der Waals surface area (Å²) in [5, 5.41) is 76.3. The van der Waals surface area contributed by atoms with Gasteiger partial charge in [0, 0.05) is 36.9 Å². The molecule has 35 heavy (non-hydrogen) atoms. The number of hydrogen-bond acceptors (Lipinski definition) is 10. The van der Waals surface area contributed by atoms with E-state index in [1.54, 1.807) is 6.07 Å². The minimum atomic E-state index is -1.31. The second-order valence-corrected chi connectivity index (χ2v) is 11.1. The first-order chi connectivity index (χ1) is 16.4. The van der Waals surface area contributed by atoms with E-state index in [1.807, 2.05) is 67.8 Å². The van der Waals surface area contributed by atoms with Crippen LogP contribution < -0.4 is 0 Å². The second kappa shape index (κ2) is 16.1. The number of aliphatic hydroxyl groups is 8. The summed E-state index contributed by atoms with van der Waals surface area (Å²) in [5.74, 6) is -1.33. The fourth-order valence-corrected chi connectivity index (χ4v) is 7.32. The average Bonchev–Trinajstić information content (AvgIpc) is 2.81. The topological polar surface area (TPSA) is 202 Å². The maximum Gasteiger partial charge on any atom is 0.256 e. The van der Waals surface area contributed by atoms with Crippen LogP contribution in [0, 0.1) is 10.7 Å². The van der Waals surface area contributed by atoms with Crippen molar-refractivity contribution < 1.29 is 50.4 Å². The lowest BCUT2D eigenvalue weighted by Crippen LogP contribution is -2.45. The number of aliphatic hydroxyl groups excluding tert-OH is 8. The number of amides is 2. The molecule has 4 unspecified atom stereocenters. The Balaban J connectivity index is 3.53. The number of halogens is 3. The number of carbonyl (C=O) groups excluding carboxylic acids is 2. The summed E-state index contributed by atoms with van der Waals surface area (Å²) in [4.78, 5) is 29.0. The molecule has 0 aromatic heterocycles. The van der Waals surface area contributed by atoms with Crippen LogP contribution in [0.3, 0.4) is 0 Å². The molecule has 0 spiro atoms. The van der Waals surface area contributed by atoms with Crippen molar-refractivity contribution in [3.05, 3.63) is 27.9 Å². The molecule has 2 amide bonds. The quantitative estimate of drug-likeness (QED) is 0.0952. The summed E-state index contributed by atoms with van der Waals surface area (Å²) < 4.78 is 1.13. The highest BCUT2D eigenvalue weighted by Gasteiger charge is 2.31. The van der Waals surface area contributed by atoms with Crippen LogP contribution in [0.1, 0.15) is 20.7 Å². The van der Waals surface area contributed by atoms with E-state index in [9.17, 15) is 50.4 Å². The molecule has 0 aliphatic heterocycles. The Morgan fingerprint density at radius 2 is 0.886 bits per heavy atom. The molecule has 0 heterocycles. The SMILES string of the molecule is O=C(c1c(I)cc(I)c(C(=O)N(CC(O)CO)CC(O)CO)c1I)N(CC(O)CO)CC(O)CO. The summed E-state index contributed by atoms with van der Waals surface area (Å²) in [6.07, 6.45) is -5.22. The van der Waals surface area contributed by atoms with Crippen LogP contribution in [-0.4, -0.2) is 139 Å². The standard InChI is InChI=1S/C20H29I3N2O10/c21-14-1-15(22)17(20(35)25(4-12(32)8-28)5-13(33)9-29)18(23)16(14)19(34)24(2-10(30)6-26)3-11(31)7-27/h1,10-13,26-33H,2-9H2. The van der Waals surface area contributed by atoms with Gasteiger partial charge in [0.1, 0.15) is 0 Å². The lowest BCUT2D eigenvalue weighted by molar-refractivity contribution is 0.0204. The minimum Gasteiger partial charge on any atom is -0.394 e. The van der Waals surface area contributed by atoms with Crippen molar-refractivity contribution in [3.63, 3.8) is 0 Å². The monoisotopic (exact) mass is 838 g/mol. The highest BCUT2D eigenvalue weighted by atomic mass is 127. The molecular formula is C20H29I3N2O10. The number of hydrogen-bond donors (Lipinski definition) is 8. The second-order valence-electron chi connectivity index (χ2n) is 7.67. The predicted octanol–water partition coefficient (Wildman–Crippen LogP) is -2.20. The highest BCUT2D eigenvalue weighted by Crippen LogP contribution is 2.30. The van der Waals surface area contributed by atoms with Crippen LogP contribution in [0.25, 0.3) is 0 Å². The van der Waals surface area contributed by atoms with Gasteiger partial charge in [-0.1, -0.05) is 0 Å². The van der Waals surface area contributed by atoms with Gasteiger partial charge in [-0.05, 0) is 73.8 Å². The molecule has 0 bridgehead atoms. The third-order valence-electron chi connectivity index (χ3n) is 4.74. The van der Waals surface area contributed by atoms with E-state index in [4.69, 9.17) is 0 Å². The van der Waals surface area contributed by atoms with Gasteiger partial charge < -0.3 is 50.7 Å². The molecule has 0 radical (unpaired) electrons. The van der Waals surface area contributed by atoms with Crippen LogP contribution in [-0.2, 0) is 0 Å². The van der Waals surface area contributed by atoms with Crippen LogP contribution >= 0.6 is 67.8 Å². The van der Waals surface area contributed by atoms with Crippen molar-refractivity contribution in [1.82, 2.24) is 9.80 Å². The fraction of sp³-hybridized carbons (Fsp3) is 0.600. The summed E-state index contributed by atoms with van der Waals surface area (Å²) >= 11 is 5.62. The van der Waals surface area contributed by atoms with Crippen molar-refractivity contribution >= 4 is 79.6 Å². The van der Waals surface area contributed by atoms with Gasteiger partial charge in [0.15, 0.2) is 0 Å². The predicted molar refractivity (Wildman–Crippen MR) is 149 cm³/mol. The maximum absolute atomic E-state index is 13.5. The molecule has 12 nitrogen and oxygen atoms in total. The molecule has 1 rings (SSSR count). The zero-order valence-electron chi connectivity index (χ0n) is 18.5. The maximum atomic E-state index is 13.5. The van der Waals surface area contributed by atoms with E-state index >= 15 is 0 Å². The molecule has 0 aliphatic carbocycles. The molecule has 200 valence electrons. The molecule has 15 heteroatoms. The Bertz CT molecular complexity index is 775. The molecule has 1 aromatic rings. The van der Waals surface area contributed by atoms with E-state index < -0.39 is 62.7 Å². The van der Waals surface area contributed by atoms with Crippen LogP contribution in [0.4, 0.5) is 0 Å². The van der Waals surface area contributed by atoms with E-state index in [1.165, 1.54) is 0 Å². The van der Waals surface area contributed by atoms with Crippen LogP contribution in [0.5, 0.6) is 0 Å². The van der Waals surface area contributed by atoms with Gasteiger partial charge in [0.05, 0.1) is 62.0 Å². The molecule has 4 atom stereocenters. The Morgan fingerprint density at radius 1 is 0.629 bits per heavy atom. The third kappa shape index (κ3) is 9.69. The zero-order chi connectivity index (χ0) is 26.9. The van der Waals surface area contributed by atoms with E-state index in [0.717, 1.165) is 9.80 Å². The summed E-state index contributed by atoms with van der Waals surface area (Å²) in [5.41, 5.74) is 0.159. The van der Waals surface area contributed by atoms with Gasteiger partial charge in [-0.15, -0.1) is 0 Å². The molecule has 0 aliphatic rings. The Labute approximate surface area is 243 Å². The average molecular weight is 838 g/mol. The Hall–Kier alpha value is 0.0300. The molecule has 0 saturated carbocycles. The number of rotatable bonds is 14. The molecule has 0 fully saturated rings. The van der Waals surface area contributed by atoms with E-state index in [2.05, 4.69) is 0 Å². The smallest absolute Gasteiger partial charge is 0.256 e. The van der Waals surface area contributed by atoms with Gasteiger partial charge >= 0.3 is 0 Å². The molecular weight excluding hydrogens is 809 g/mol. The fourth-order valence-electron chi connectivity index (χ4n) is 3.03. The third-order valence-corrected chi connectivity index (χ3v) is 7.52. The van der Waals surface area contributed by atoms with Crippen molar-refractivity contribution in [2.45, 2.75) is 24.4 Å². The van der Waals surface area contributed by atoms with Gasteiger partial charge in [-0.3, -0.25) is 9.59 Å². The highest BCUT2D eigenvalue weighted by molar-refractivity contribution is 14.1. The largest absolute Gasteiger partial charge is 0.394 e. The Morgan fingerprint density at radius 3 is 1.11 bits per heavy atom. The van der Waals surface area contributed by atoms with Crippen LogP contribution in [0.15, 0.2) is 6.07 Å². The van der Waals surface area contributed by atoms with Crippen molar-refractivity contribution in [2.75, 3.05) is 52.6 Å². The zero-order valence-corrected chi connectivity index (χ0v) is 24.9. The first-order valence-corrected chi connectivity index (χ1v) is 13.6. The lowest BCUT2D eigenvalue weighted by Gasteiger charge is -2.29. The molecule has 0 saturated heterocycles. The van der Waals surface area contributed by atoms with E-state index in [-0.39, 0.29) is 40.9 Å². The number of benzene rings is 1. The summed E-state index contributed by atoms with van der Waals surface area (Å²) in [6.45, 7) is -3.93. The van der Waals surface area contributed by atoms with Gasteiger partial charge in [-0.25, -0.2) is 0 Å². The van der Waals surface area contributed by atoms with Crippen molar-refractivity contribution in [1.29, 1.82) is 0 Å². The summed E-state index contributed by atoms with van der Waals surface area (Å²) in [7, 11) is 0. The molecule has 8 N–H and O–H groups in total. The normalized spacial score (nSPS) is 14.8. The van der Waals surface area contributed by atoms with Gasteiger partial charge in [-0.2, -0.15) is 0 Å².